The minimum Gasteiger partial charge on any atom is -0.481 e. The van der Waals surface area contributed by atoms with Gasteiger partial charge in [-0.15, -0.1) is 0 Å². The van der Waals surface area contributed by atoms with Crippen LogP contribution in [0.15, 0.2) is 30.5 Å². The van der Waals surface area contributed by atoms with Crippen molar-refractivity contribution < 1.29 is 19.1 Å². The lowest BCUT2D eigenvalue weighted by Crippen LogP contribution is -2.32. The van der Waals surface area contributed by atoms with Crippen LogP contribution in [0.25, 0.3) is 0 Å². The van der Waals surface area contributed by atoms with Gasteiger partial charge in [-0.25, -0.2) is 14.4 Å². The third-order valence-electron chi connectivity index (χ3n) is 3.38. The first kappa shape index (κ1) is 16.5. The molecule has 1 heterocycles. The molecule has 1 aromatic heterocycles. The van der Waals surface area contributed by atoms with Crippen LogP contribution >= 0.6 is 0 Å². The summed E-state index contributed by atoms with van der Waals surface area (Å²) in [7, 11) is 0. The predicted molar refractivity (Wildman–Crippen MR) is 80.6 cm³/mol. The van der Waals surface area contributed by atoms with Crippen LogP contribution in [0.3, 0.4) is 0 Å². The number of carbonyl (C=O) groups excluding carboxylic acids is 1. The molecule has 2 aromatic rings. The van der Waals surface area contributed by atoms with E-state index in [-0.39, 0.29) is 6.54 Å². The zero-order valence-electron chi connectivity index (χ0n) is 12.7. The van der Waals surface area contributed by atoms with Gasteiger partial charge in [0.25, 0.3) is 5.91 Å². The van der Waals surface area contributed by atoms with E-state index in [1.807, 2.05) is 0 Å². The zero-order valence-corrected chi connectivity index (χ0v) is 12.7. The Kier molecular flexibility index (Phi) is 5.00. The van der Waals surface area contributed by atoms with E-state index in [4.69, 9.17) is 0 Å². The van der Waals surface area contributed by atoms with Crippen molar-refractivity contribution >= 4 is 11.9 Å². The monoisotopic (exact) mass is 317 g/mol. The van der Waals surface area contributed by atoms with Crippen LogP contribution in [0, 0.1) is 19.7 Å². The van der Waals surface area contributed by atoms with E-state index in [0.29, 0.717) is 22.6 Å². The third-order valence-corrected chi connectivity index (χ3v) is 3.38. The molecule has 0 spiro atoms. The van der Waals surface area contributed by atoms with Crippen molar-refractivity contribution in [3.63, 3.8) is 0 Å². The largest absolute Gasteiger partial charge is 0.481 e. The highest BCUT2D eigenvalue weighted by Gasteiger charge is 2.21. The van der Waals surface area contributed by atoms with E-state index in [0.717, 1.165) is 0 Å². The normalized spacial score (nSPS) is 11.8. The molecule has 2 rings (SSSR count). The van der Waals surface area contributed by atoms with E-state index < -0.39 is 23.6 Å². The van der Waals surface area contributed by atoms with Gasteiger partial charge in [-0.3, -0.25) is 9.59 Å². The van der Waals surface area contributed by atoms with Crippen LogP contribution in [-0.4, -0.2) is 33.5 Å². The van der Waals surface area contributed by atoms with Gasteiger partial charge >= 0.3 is 5.97 Å². The zero-order chi connectivity index (χ0) is 17.0. The molecule has 2 N–H and O–H groups in total. The molecule has 1 amide bonds. The molecule has 0 fully saturated rings. The molecule has 1 unspecified atom stereocenters. The Morgan fingerprint density at radius 1 is 1.26 bits per heavy atom. The molecule has 120 valence electrons. The average molecular weight is 317 g/mol. The van der Waals surface area contributed by atoms with Crippen LogP contribution < -0.4 is 5.32 Å². The fourth-order valence-electron chi connectivity index (χ4n) is 2.14. The number of aliphatic carboxylic acids is 1. The highest BCUT2D eigenvalue weighted by Crippen LogP contribution is 2.16. The topological polar surface area (TPSA) is 92.2 Å². The van der Waals surface area contributed by atoms with Gasteiger partial charge < -0.3 is 10.4 Å². The van der Waals surface area contributed by atoms with Crippen molar-refractivity contribution in [3.8, 4) is 0 Å². The maximum absolute atomic E-state index is 12.9. The second kappa shape index (κ2) is 6.95. The van der Waals surface area contributed by atoms with E-state index in [1.165, 1.54) is 30.5 Å². The summed E-state index contributed by atoms with van der Waals surface area (Å²) in [5.41, 5.74) is 1.22. The van der Waals surface area contributed by atoms with E-state index in [9.17, 15) is 19.1 Å². The van der Waals surface area contributed by atoms with Gasteiger partial charge in [0, 0.05) is 12.7 Å². The predicted octanol–water partition coefficient (Wildman–Crippen LogP) is 1.83. The summed E-state index contributed by atoms with van der Waals surface area (Å²) in [6.45, 7) is 3.27. The average Bonchev–Trinajstić information content (AvgIpc) is 2.48. The number of hydrogen-bond donors (Lipinski definition) is 2. The number of amides is 1. The van der Waals surface area contributed by atoms with Crippen molar-refractivity contribution in [3.05, 3.63) is 58.9 Å². The van der Waals surface area contributed by atoms with E-state index in [2.05, 4.69) is 15.3 Å². The van der Waals surface area contributed by atoms with Crippen LogP contribution in [0.1, 0.15) is 33.4 Å². The lowest BCUT2D eigenvalue weighted by molar-refractivity contribution is -0.138. The van der Waals surface area contributed by atoms with Gasteiger partial charge in [-0.1, -0.05) is 12.1 Å². The van der Waals surface area contributed by atoms with Gasteiger partial charge in [0.15, 0.2) is 0 Å². The Hall–Kier alpha value is -2.83. The molecule has 1 atom stereocenters. The number of halogens is 1. The Morgan fingerprint density at radius 2 is 1.91 bits per heavy atom. The highest BCUT2D eigenvalue weighted by atomic mass is 19.1. The van der Waals surface area contributed by atoms with Crippen LogP contribution in [-0.2, 0) is 4.79 Å². The van der Waals surface area contributed by atoms with Crippen molar-refractivity contribution in [2.24, 2.45) is 0 Å². The summed E-state index contributed by atoms with van der Waals surface area (Å²) in [6, 6.07) is 5.15. The Labute approximate surface area is 132 Å². The number of nitrogens with zero attached hydrogens (tertiary/aromatic N) is 2. The quantitative estimate of drug-likeness (QED) is 0.877. The summed E-state index contributed by atoms with van der Waals surface area (Å²) in [5.74, 6) is -2.42. The molecule has 23 heavy (non-hydrogen) atoms. The molecule has 0 bridgehead atoms. The first-order valence-corrected chi connectivity index (χ1v) is 6.95. The van der Waals surface area contributed by atoms with Crippen molar-refractivity contribution in [2.75, 3.05) is 6.54 Å². The number of rotatable bonds is 5. The molecule has 0 aliphatic heterocycles. The number of hydrogen-bond acceptors (Lipinski definition) is 4. The van der Waals surface area contributed by atoms with Crippen molar-refractivity contribution in [1.29, 1.82) is 0 Å². The maximum atomic E-state index is 12.9. The van der Waals surface area contributed by atoms with Gasteiger partial charge in [-0.05, 0) is 31.5 Å². The van der Waals surface area contributed by atoms with Gasteiger partial charge in [0.2, 0.25) is 0 Å². The standard InChI is InChI=1S/C16H16FN3O3/c1-9-13(7-18-10(2)20-9)15(21)19-8-14(16(22)23)11-3-5-12(17)6-4-11/h3-7,14H,8H2,1-2H3,(H,19,21)(H,22,23). The number of benzene rings is 1. The first-order valence-electron chi connectivity index (χ1n) is 6.95. The van der Waals surface area contributed by atoms with Gasteiger partial charge in [0.1, 0.15) is 11.6 Å². The summed E-state index contributed by atoms with van der Waals surface area (Å²) >= 11 is 0. The Balaban J connectivity index is 2.11. The van der Waals surface area contributed by atoms with Crippen molar-refractivity contribution in [1.82, 2.24) is 15.3 Å². The Morgan fingerprint density at radius 3 is 2.48 bits per heavy atom. The molecule has 0 aliphatic rings. The third kappa shape index (κ3) is 4.09. The van der Waals surface area contributed by atoms with E-state index >= 15 is 0 Å². The minimum atomic E-state index is -1.10. The smallest absolute Gasteiger partial charge is 0.312 e. The van der Waals surface area contributed by atoms with E-state index in [1.54, 1.807) is 13.8 Å². The Bertz CT molecular complexity index is 732. The lowest BCUT2D eigenvalue weighted by Gasteiger charge is -2.14. The maximum Gasteiger partial charge on any atom is 0.312 e. The summed E-state index contributed by atoms with van der Waals surface area (Å²) in [4.78, 5) is 31.6. The van der Waals surface area contributed by atoms with Crippen molar-refractivity contribution in [2.45, 2.75) is 19.8 Å². The second-order valence-corrected chi connectivity index (χ2v) is 5.07. The molecule has 7 heteroatoms. The van der Waals surface area contributed by atoms with Gasteiger partial charge in [0.05, 0.1) is 17.2 Å². The molecule has 0 saturated heterocycles. The van der Waals surface area contributed by atoms with Crippen LogP contribution in [0.5, 0.6) is 0 Å². The van der Waals surface area contributed by atoms with Gasteiger partial charge in [-0.2, -0.15) is 0 Å². The molecule has 0 aliphatic carbocycles. The summed E-state index contributed by atoms with van der Waals surface area (Å²) in [5, 5.41) is 11.9. The summed E-state index contributed by atoms with van der Waals surface area (Å²) < 4.78 is 12.9. The first-order chi connectivity index (χ1) is 10.9. The van der Waals surface area contributed by atoms with Crippen LogP contribution in [0.4, 0.5) is 4.39 Å². The number of nitrogens with one attached hydrogen (secondary N) is 1. The molecule has 0 saturated carbocycles. The fraction of sp³-hybridized carbons (Fsp3) is 0.250. The lowest BCUT2D eigenvalue weighted by atomic mass is 9.99. The number of aryl methyl sites for hydroxylation is 2. The number of carbonyl (C=O) groups is 2. The molecule has 1 aromatic carbocycles. The SMILES string of the molecule is Cc1ncc(C(=O)NCC(C(=O)O)c2ccc(F)cc2)c(C)n1. The molecule has 0 radical (unpaired) electrons. The van der Waals surface area contributed by atoms with Crippen LogP contribution in [0.2, 0.25) is 0 Å². The second-order valence-electron chi connectivity index (χ2n) is 5.07. The molecular weight excluding hydrogens is 301 g/mol. The summed E-state index contributed by atoms with van der Waals surface area (Å²) in [6.07, 6.45) is 1.40. The number of carboxylic acids is 1. The molecule has 6 nitrogen and oxygen atoms in total. The minimum absolute atomic E-state index is 0.118. The fourth-order valence-corrected chi connectivity index (χ4v) is 2.14. The highest BCUT2D eigenvalue weighted by molar-refractivity contribution is 5.95. The number of aromatic nitrogens is 2. The number of carboxylic acid groups (broad SMARTS) is 1. The molecular formula is C16H16FN3O3.